The molecule has 0 unspecified atom stereocenters. The van der Waals surface area contributed by atoms with Crippen molar-refractivity contribution in [2.75, 3.05) is 6.61 Å². The zero-order valence-corrected chi connectivity index (χ0v) is 16.7. The summed E-state index contributed by atoms with van der Waals surface area (Å²) >= 11 is 0. The maximum Gasteiger partial charge on any atom is 0.417 e. The molecule has 2 aromatic carbocycles. The molecule has 2 aromatic rings. The fourth-order valence-corrected chi connectivity index (χ4v) is 4.62. The van der Waals surface area contributed by atoms with Crippen molar-refractivity contribution in [1.29, 1.82) is 0 Å². The molecular formula is C24H27NO4. The van der Waals surface area contributed by atoms with Gasteiger partial charge in [-0.1, -0.05) is 60.2 Å². The van der Waals surface area contributed by atoms with E-state index in [4.69, 9.17) is 4.74 Å². The second kappa shape index (κ2) is 7.99. The number of ether oxygens (including phenoxy) is 1. The maximum atomic E-state index is 13.4. The van der Waals surface area contributed by atoms with Crippen molar-refractivity contribution in [2.24, 2.45) is 0 Å². The molecule has 2 aliphatic rings. The van der Waals surface area contributed by atoms with Gasteiger partial charge in [0.05, 0.1) is 6.10 Å². The number of hydrogen-bond donors (Lipinski definition) is 1. The van der Waals surface area contributed by atoms with Crippen molar-refractivity contribution in [2.45, 2.75) is 56.6 Å². The number of nitrogens with zero attached hydrogens (tertiary/aromatic N) is 1. The molecule has 1 aliphatic heterocycles. The minimum Gasteiger partial charge on any atom is -0.446 e. The molecule has 2 amide bonds. The zero-order chi connectivity index (χ0) is 20.4. The van der Waals surface area contributed by atoms with Crippen LogP contribution in [0, 0.1) is 6.92 Å². The molecule has 4 rings (SSSR count). The predicted octanol–water partition coefficient (Wildman–Crippen LogP) is 4.28. The number of rotatable bonds is 4. The Morgan fingerprint density at radius 1 is 1.10 bits per heavy atom. The third-order valence-electron chi connectivity index (χ3n) is 6.39. The lowest BCUT2D eigenvalue weighted by Crippen LogP contribution is -2.42. The van der Waals surface area contributed by atoms with Gasteiger partial charge in [0.1, 0.15) is 12.6 Å². The Bertz CT molecular complexity index is 870. The van der Waals surface area contributed by atoms with Gasteiger partial charge in [-0.05, 0) is 43.7 Å². The third-order valence-corrected chi connectivity index (χ3v) is 6.39. The van der Waals surface area contributed by atoms with Crippen LogP contribution in [0.25, 0.3) is 0 Å². The second-order valence-electron chi connectivity index (χ2n) is 8.32. The summed E-state index contributed by atoms with van der Waals surface area (Å²) in [6.07, 6.45) is 2.11. The molecule has 2 fully saturated rings. The lowest BCUT2D eigenvalue weighted by molar-refractivity contribution is -0.131. The van der Waals surface area contributed by atoms with Gasteiger partial charge in [0.15, 0.2) is 0 Å². The van der Waals surface area contributed by atoms with Crippen LogP contribution in [-0.2, 0) is 14.9 Å². The first kappa shape index (κ1) is 19.6. The first-order valence-corrected chi connectivity index (χ1v) is 10.3. The summed E-state index contributed by atoms with van der Waals surface area (Å²) < 4.78 is 5.24. The molecule has 1 atom stereocenters. The zero-order valence-electron chi connectivity index (χ0n) is 16.7. The van der Waals surface area contributed by atoms with E-state index in [2.05, 4.69) is 24.3 Å². The van der Waals surface area contributed by atoms with E-state index in [1.54, 1.807) is 0 Å². The number of carbonyl (C=O) groups excluding carboxylic acids is 2. The van der Waals surface area contributed by atoms with Crippen LogP contribution in [0.4, 0.5) is 4.79 Å². The number of benzene rings is 2. The average molecular weight is 393 g/mol. The highest BCUT2D eigenvalue weighted by Crippen LogP contribution is 2.43. The van der Waals surface area contributed by atoms with Crippen molar-refractivity contribution in [1.82, 2.24) is 4.90 Å². The van der Waals surface area contributed by atoms with Gasteiger partial charge >= 0.3 is 6.09 Å². The molecule has 29 heavy (non-hydrogen) atoms. The fraction of sp³-hybridized carbons (Fsp3) is 0.417. The van der Waals surface area contributed by atoms with Gasteiger partial charge in [-0.25, -0.2) is 9.69 Å². The van der Waals surface area contributed by atoms with Gasteiger partial charge in [-0.2, -0.15) is 0 Å². The number of hydrogen-bond acceptors (Lipinski definition) is 4. The van der Waals surface area contributed by atoms with Crippen LogP contribution in [-0.4, -0.2) is 34.7 Å². The van der Waals surface area contributed by atoms with Crippen molar-refractivity contribution >= 4 is 12.0 Å². The van der Waals surface area contributed by atoms with E-state index < -0.39 is 6.09 Å². The summed E-state index contributed by atoms with van der Waals surface area (Å²) in [4.78, 5) is 27.1. The Morgan fingerprint density at radius 3 is 2.41 bits per heavy atom. The number of aliphatic hydroxyl groups excluding tert-OH is 1. The van der Waals surface area contributed by atoms with Gasteiger partial charge in [0, 0.05) is 11.8 Å². The highest BCUT2D eigenvalue weighted by Gasteiger charge is 2.44. The minimum absolute atomic E-state index is 0.185. The largest absolute Gasteiger partial charge is 0.446 e. The van der Waals surface area contributed by atoms with E-state index in [1.807, 2.05) is 37.3 Å². The molecule has 1 saturated carbocycles. The van der Waals surface area contributed by atoms with Crippen LogP contribution >= 0.6 is 0 Å². The summed E-state index contributed by atoms with van der Waals surface area (Å²) in [6, 6.07) is 17.4. The molecule has 0 spiro atoms. The van der Waals surface area contributed by atoms with Crippen LogP contribution in [0.3, 0.4) is 0 Å². The summed E-state index contributed by atoms with van der Waals surface area (Å²) in [5.41, 5.74) is 2.80. The van der Waals surface area contributed by atoms with Gasteiger partial charge in [0.25, 0.3) is 0 Å². The highest BCUT2D eigenvalue weighted by molar-refractivity contribution is 5.94. The van der Waals surface area contributed by atoms with E-state index in [9.17, 15) is 14.7 Å². The molecule has 1 N–H and O–H groups in total. The number of carbonyl (C=O) groups is 2. The molecule has 5 heteroatoms. The number of aliphatic hydroxyl groups is 1. The Labute approximate surface area is 171 Å². The van der Waals surface area contributed by atoms with Crippen molar-refractivity contribution in [3.8, 4) is 0 Å². The SMILES string of the molecule is Cc1ccc(C2(CC(=O)N3C(=O)OC[C@@H]3c3ccccc3)CCC(O)CC2)cc1. The van der Waals surface area contributed by atoms with Crippen LogP contribution in [0.15, 0.2) is 54.6 Å². The molecule has 0 aromatic heterocycles. The lowest BCUT2D eigenvalue weighted by atomic mass is 9.66. The summed E-state index contributed by atoms with van der Waals surface area (Å²) in [5.74, 6) is -0.210. The molecule has 152 valence electrons. The Hall–Kier alpha value is -2.66. The Balaban J connectivity index is 1.62. The van der Waals surface area contributed by atoms with Crippen LogP contribution in [0.5, 0.6) is 0 Å². The molecule has 0 bridgehead atoms. The van der Waals surface area contributed by atoms with Gasteiger partial charge in [-0.3, -0.25) is 4.79 Å². The summed E-state index contributed by atoms with van der Waals surface area (Å²) in [6.45, 7) is 2.22. The quantitative estimate of drug-likeness (QED) is 0.842. The van der Waals surface area contributed by atoms with Crippen LogP contribution < -0.4 is 0 Å². The highest BCUT2D eigenvalue weighted by atomic mass is 16.6. The molecule has 5 nitrogen and oxygen atoms in total. The fourth-order valence-electron chi connectivity index (χ4n) is 4.62. The first-order valence-electron chi connectivity index (χ1n) is 10.3. The Morgan fingerprint density at radius 2 is 1.76 bits per heavy atom. The first-order chi connectivity index (χ1) is 14.0. The van der Waals surface area contributed by atoms with E-state index in [1.165, 1.54) is 10.5 Å². The predicted molar refractivity (Wildman–Crippen MR) is 109 cm³/mol. The third kappa shape index (κ3) is 3.92. The number of cyclic esters (lactones) is 1. The Kier molecular flexibility index (Phi) is 5.41. The smallest absolute Gasteiger partial charge is 0.417 e. The van der Waals surface area contributed by atoms with Crippen LogP contribution in [0.1, 0.15) is 54.8 Å². The van der Waals surface area contributed by atoms with Crippen molar-refractivity contribution < 1.29 is 19.4 Å². The molecule has 0 radical (unpaired) electrons. The topological polar surface area (TPSA) is 66.8 Å². The normalized spacial score (nSPS) is 27.0. The van der Waals surface area contributed by atoms with Gasteiger partial charge < -0.3 is 9.84 Å². The maximum absolute atomic E-state index is 13.4. The number of amides is 2. The summed E-state index contributed by atoms with van der Waals surface area (Å²) in [7, 11) is 0. The summed E-state index contributed by atoms with van der Waals surface area (Å²) in [5, 5.41) is 10.0. The standard InChI is InChI=1S/C24H27NO4/c1-17-7-9-19(10-8-17)24(13-11-20(26)12-14-24)15-22(27)25-21(16-29-23(25)28)18-5-3-2-4-6-18/h2-10,20-21,26H,11-16H2,1H3/t20?,21-,24?/m1/s1. The lowest BCUT2D eigenvalue weighted by Gasteiger charge is -2.40. The van der Waals surface area contributed by atoms with Crippen molar-refractivity contribution in [3.63, 3.8) is 0 Å². The molecule has 1 saturated heterocycles. The monoisotopic (exact) mass is 393 g/mol. The van der Waals surface area contributed by atoms with E-state index in [0.29, 0.717) is 12.8 Å². The van der Waals surface area contributed by atoms with Crippen LogP contribution in [0.2, 0.25) is 0 Å². The second-order valence-corrected chi connectivity index (χ2v) is 8.32. The van der Waals surface area contributed by atoms with Gasteiger partial charge in [-0.15, -0.1) is 0 Å². The number of imide groups is 1. The average Bonchev–Trinajstić information content (AvgIpc) is 3.13. The molecule has 1 heterocycles. The molecular weight excluding hydrogens is 366 g/mol. The van der Waals surface area contributed by atoms with E-state index >= 15 is 0 Å². The minimum atomic E-state index is -0.571. The van der Waals surface area contributed by atoms with Gasteiger partial charge in [0.2, 0.25) is 5.91 Å². The number of aryl methyl sites for hydroxylation is 1. The van der Waals surface area contributed by atoms with E-state index in [-0.39, 0.29) is 36.5 Å². The molecule has 1 aliphatic carbocycles. The van der Waals surface area contributed by atoms with E-state index in [0.717, 1.165) is 24.0 Å². The van der Waals surface area contributed by atoms with Crippen molar-refractivity contribution in [3.05, 3.63) is 71.3 Å².